The molecule has 3 N–H and O–H groups in total. The van der Waals surface area contributed by atoms with Gasteiger partial charge in [-0.3, -0.25) is 0 Å². The number of methoxy groups -OCH3 is 1. The molecule has 0 spiro atoms. The first kappa shape index (κ1) is 17.9. The van der Waals surface area contributed by atoms with Gasteiger partial charge in [-0.25, -0.2) is 14.4 Å². The summed E-state index contributed by atoms with van der Waals surface area (Å²) in [6.07, 6.45) is 3.86. The summed E-state index contributed by atoms with van der Waals surface area (Å²) < 4.78 is 43.6. The number of anilines is 2. The van der Waals surface area contributed by atoms with Crippen LogP contribution in [0.15, 0.2) is 55.0 Å². The number of nitrogen functional groups attached to an aromatic ring is 1. The van der Waals surface area contributed by atoms with Crippen molar-refractivity contribution >= 4 is 23.4 Å². The lowest BCUT2D eigenvalue weighted by Gasteiger charge is -2.17. The summed E-state index contributed by atoms with van der Waals surface area (Å²) in [5, 5.41) is 2.69. The topological polar surface area (TPSA) is 90.9 Å². The SMILES string of the molecule is [2H]C([2H])([2H])Nc1nc(N)c2c(n1)C(c1ccc(F)cc1)CC2c1ccc(-n2cnc(Cl)c2)c(OC)c1. The molecule has 2 heterocycles. The second kappa shape index (κ2) is 8.37. The zero-order valence-corrected chi connectivity index (χ0v) is 18.3. The number of rotatable bonds is 5. The van der Waals surface area contributed by atoms with E-state index in [1.54, 1.807) is 36.3 Å². The Hall–Kier alpha value is -3.65. The number of fused-ring (bicyclic) bond motifs is 1. The first-order chi connectivity index (χ1) is 17.1. The molecule has 2 aromatic carbocycles. The number of hydrogen-bond acceptors (Lipinski definition) is 6. The molecular weight excluding hydrogens is 443 g/mol. The molecule has 0 saturated heterocycles. The number of hydrogen-bond donors (Lipinski definition) is 2. The van der Waals surface area contributed by atoms with Gasteiger partial charge < -0.3 is 20.4 Å². The summed E-state index contributed by atoms with van der Waals surface area (Å²) >= 11 is 5.99. The van der Waals surface area contributed by atoms with Crippen molar-refractivity contribution in [1.82, 2.24) is 19.5 Å². The van der Waals surface area contributed by atoms with Crippen LogP contribution >= 0.6 is 11.6 Å². The molecule has 0 radical (unpaired) electrons. The molecule has 0 fully saturated rings. The lowest BCUT2D eigenvalue weighted by atomic mass is 9.90. The quantitative estimate of drug-likeness (QED) is 0.440. The van der Waals surface area contributed by atoms with Crippen LogP contribution in [0.25, 0.3) is 5.69 Å². The molecule has 0 bridgehead atoms. The second-order valence-corrected chi connectivity index (χ2v) is 8.17. The summed E-state index contributed by atoms with van der Waals surface area (Å²) in [7, 11) is 1.58. The zero-order chi connectivity index (χ0) is 25.6. The van der Waals surface area contributed by atoms with E-state index in [1.807, 2.05) is 18.2 Å². The highest BCUT2D eigenvalue weighted by atomic mass is 35.5. The van der Waals surface area contributed by atoms with Crippen molar-refractivity contribution in [3.8, 4) is 11.4 Å². The van der Waals surface area contributed by atoms with Gasteiger partial charge in [-0.2, -0.15) is 4.98 Å². The van der Waals surface area contributed by atoms with Gasteiger partial charge in [0.25, 0.3) is 0 Å². The second-order valence-electron chi connectivity index (χ2n) is 7.78. The van der Waals surface area contributed by atoms with E-state index in [2.05, 4.69) is 20.3 Å². The maximum atomic E-state index is 13.6. The molecule has 1 aliphatic rings. The van der Waals surface area contributed by atoms with Crippen molar-refractivity contribution in [3.63, 3.8) is 0 Å². The molecule has 33 heavy (non-hydrogen) atoms. The summed E-state index contributed by atoms with van der Waals surface area (Å²) in [5.74, 6) is -0.0824. The lowest BCUT2D eigenvalue weighted by molar-refractivity contribution is 0.412. The largest absolute Gasteiger partial charge is 0.495 e. The van der Waals surface area contributed by atoms with E-state index < -0.39 is 6.98 Å². The highest BCUT2D eigenvalue weighted by molar-refractivity contribution is 6.29. The Kier molecular flexibility index (Phi) is 4.53. The predicted molar refractivity (Wildman–Crippen MR) is 126 cm³/mol. The maximum absolute atomic E-state index is 13.6. The van der Waals surface area contributed by atoms with Crippen LogP contribution in [-0.2, 0) is 0 Å². The van der Waals surface area contributed by atoms with E-state index >= 15 is 0 Å². The Balaban J connectivity index is 1.61. The van der Waals surface area contributed by atoms with Gasteiger partial charge in [0.2, 0.25) is 5.95 Å². The normalized spacial score (nSPS) is 18.8. The average Bonchev–Trinajstić information content (AvgIpc) is 3.42. The first-order valence-corrected chi connectivity index (χ1v) is 10.6. The fraction of sp³-hybridized carbons (Fsp3) is 0.208. The molecule has 4 aromatic rings. The molecular formula is C24H22ClFN6O. The molecule has 7 nitrogen and oxygen atoms in total. The number of nitrogens with zero attached hydrogens (tertiary/aromatic N) is 4. The van der Waals surface area contributed by atoms with Crippen LogP contribution in [-0.4, -0.2) is 33.6 Å². The van der Waals surface area contributed by atoms with Crippen LogP contribution in [0.2, 0.25) is 5.15 Å². The first-order valence-electron chi connectivity index (χ1n) is 11.7. The molecule has 1 aliphatic carbocycles. The zero-order valence-electron chi connectivity index (χ0n) is 20.6. The van der Waals surface area contributed by atoms with Gasteiger partial charge in [-0.15, -0.1) is 0 Å². The molecule has 0 amide bonds. The summed E-state index contributed by atoms with van der Waals surface area (Å²) in [6, 6.07) is 12.0. The van der Waals surface area contributed by atoms with Crippen molar-refractivity contribution < 1.29 is 13.2 Å². The van der Waals surface area contributed by atoms with E-state index in [0.29, 0.717) is 28.6 Å². The third kappa shape index (κ3) is 3.76. The molecule has 0 saturated carbocycles. The minimum atomic E-state index is -2.48. The summed E-state index contributed by atoms with van der Waals surface area (Å²) in [6.45, 7) is -2.48. The van der Waals surface area contributed by atoms with Crippen LogP contribution in [0.1, 0.15) is 44.8 Å². The Morgan fingerprint density at radius 3 is 2.67 bits per heavy atom. The monoisotopic (exact) mass is 467 g/mol. The van der Waals surface area contributed by atoms with Crippen molar-refractivity contribution in [2.45, 2.75) is 18.3 Å². The molecule has 9 heteroatoms. The number of halogens is 2. The molecule has 5 rings (SSSR count). The minimum Gasteiger partial charge on any atom is -0.495 e. The van der Waals surface area contributed by atoms with Gasteiger partial charge in [0.15, 0.2) is 0 Å². The highest BCUT2D eigenvalue weighted by Gasteiger charge is 2.37. The van der Waals surface area contributed by atoms with Crippen LogP contribution in [0.3, 0.4) is 0 Å². The summed E-state index contributed by atoms with van der Waals surface area (Å²) in [4.78, 5) is 12.8. The highest BCUT2D eigenvalue weighted by Crippen LogP contribution is 2.50. The van der Waals surface area contributed by atoms with E-state index in [1.165, 1.54) is 12.1 Å². The molecule has 2 unspecified atom stereocenters. The number of benzene rings is 2. The van der Waals surface area contributed by atoms with Gasteiger partial charge >= 0.3 is 0 Å². The fourth-order valence-corrected chi connectivity index (χ4v) is 4.64. The third-order valence-corrected chi connectivity index (χ3v) is 6.17. The van der Waals surface area contributed by atoms with Gasteiger partial charge in [0.1, 0.15) is 28.9 Å². The average molecular weight is 468 g/mol. The van der Waals surface area contributed by atoms with Gasteiger partial charge in [0.05, 0.1) is 18.5 Å². The van der Waals surface area contributed by atoms with Crippen molar-refractivity contribution in [1.29, 1.82) is 0 Å². The van der Waals surface area contributed by atoms with Gasteiger partial charge in [0, 0.05) is 34.7 Å². The van der Waals surface area contributed by atoms with Crippen LogP contribution < -0.4 is 15.8 Å². The Bertz CT molecular complexity index is 1430. The Morgan fingerprint density at radius 2 is 1.97 bits per heavy atom. The third-order valence-electron chi connectivity index (χ3n) is 5.97. The lowest BCUT2D eigenvalue weighted by Crippen LogP contribution is -2.09. The van der Waals surface area contributed by atoms with E-state index in [-0.39, 0.29) is 29.4 Å². The van der Waals surface area contributed by atoms with Gasteiger partial charge in [-0.1, -0.05) is 29.8 Å². The number of nitrogens with two attached hydrogens (primary N) is 1. The Labute approximate surface area is 199 Å². The van der Waals surface area contributed by atoms with E-state index in [0.717, 1.165) is 16.8 Å². The van der Waals surface area contributed by atoms with E-state index in [4.69, 9.17) is 26.2 Å². The molecule has 0 aliphatic heterocycles. The van der Waals surface area contributed by atoms with Crippen LogP contribution in [0.4, 0.5) is 16.2 Å². The number of ether oxygens (including phenoxy) is 1. The number of nitrogens with one attached hydrogen (secondary N) is 1. The van der Waals surface area contributed by atoms with Crippen molar-refractivity contribution in [2.24, 2.45) is 0 Å². The summed E-state index contributed by atoms with van der Waals surface area (Å²) in [5.41, 5.74) is 10.2. The molecule has 168 valence electrons. The van der Waals surface area contributed by atoms with Crippen molar-refractivity contribution in [3.05, 3.63) is 88.3 Å². The fourth-order valence-electron chi connectivity index (χ4n) is 4.50. The molecule has 2 atom stereocenters. The van der Waals surface area contributed by atoms with Crippen LogP contribution in [0, 0.1) is 5.82 Å². The van der Waals surface area contributed by atoms with Crippen LogP contribution in [0.5, 0.6) is 5.75 Å². The van der Waals surface area contributed by atoms with Crippen molar-refractivity contribution in [2.75, 3.05) is 25.1 Å². The number of aromatic nitrogens is 4. The van der Waals surface area contributed by atoms with Gasteiger partial charge in [-0.05, 0) is 41.8 Å². The Morgan fingerprint density at radius 1 is 1.18 bits per heavy atom. The predicted octanol–water partition coefficient (Wildman–Crippen LogP) is 4.75. The smallest absolute Gasteiger partial charge is 0.224 e. The minimum absolute atomic E-state index is 0.0797. The maximum Gasteiger partial charge on any atom is 0.224 e. The van der Waals surface area contributed by atoms with E-state index in [9.17, 15) is 4.39 Å². The standard InChI is InChI=1S/C24H22ClFN6O/c1-28-24-30-22-17(13-3-6-15(26)7-4-13)10-16(21(22)23(27)31-24)14-5-8-18(19(9-14)33-2)32-11-20(25)29-12-32/h3-9,11-12,16-17H,10H2,1-2H3,(H3,27,28,30,31)/i1D3. The molecule has 2 aromatic heterocycles. The number of imidazole rings is 1.